The molecule has 1 amide bonds. The van der Waals surface area contributed by atoms with Gasteiger partial charge in [0.25, 0.3) is 5.91 Å². The maximum Gasteiger partial charge on any atom is 0.262 e. The lowest BCUT2D eigenvalue weighted by molar-refractivity contribution is -0.118. The summed E-state index contributed by atoms with van der Waals surface area (Å²) >= 11 is 0. The molecule has 1 N–H and O–H groups in total. The summed E-state index contributed by atoms with van der Waals surface area (Å²) in [7, 11) is 1.57. The number of imidazole rings is 1. The highest BCUT2D eigenvalue weighted by Crippen LogP contribution is 2.30. The average Bonchev–Trinajstić information content (AvgIpc) is 3.16. The fourth-order valence-corrected chi connectivity index (χ4v) is 3.04. The standard InChI is InChI=1S/C23H21N3O3/c1-16-10-11-26-14-20(24-22(26)12-16)17-8-9-21(28-2)19(13-17)25-23(27)15-29-18-6-4-3-5-7-18/h3-14H,15H2,1-2H3,(H,25,27). The van der Waals surface area contributed by atoms with Gasteiger partial charge in [0.2, 0.25) is 0 Å². The summed E-state index contributed by atoms with van der Waals surface area (Å²) in [6, 6.07) is 18.9. The molecule has 0 atom stereocenters. The number of nitrogens with one attached hydrogen (secondary N) is 1. The molecule has 6 heteroatoms. The number of rotatable bonds is 6. The zero-order valence-corrected chi connectivity index (χ0v) is 16.3. The first-order valence-electron chi connectivity index (χ1n) is 9.24. The summed E-state index contributed by atoms with van der Waals surface area (Å²) in [5.41, 5.74) is 4.29. The largest absolute Gasteiger partial charge is 0.495 e. The van der Waals surface area contributed by atoms with Crippen LogP contribution < -0.4 is 14.8 Å². The molecular formula is C23H21N3O3. The number of benzene rings is 2. The Bertz CT molecular complexity index is 1150. The lowest BCUT2D eigenvalue weighted by Crippen LogP contribution is -2.20. The zero-order chi connectivity index (χ0) is 20.2. The number of pyridine rings is 1. The number of carbonyl (C=O) groups excluding carboxylic acids is 1. The van der Waals surface area contributed by atoms with Crippen molar-refractivity contribution in [2.45, 2.75) is 6.92 Å². The summed E-state index contributed by atoms with van der Waals surface area (Å²) in [5.74, 6) is 0.944. The van der Waals surface area contributed by atoms with E-state index in [0.29, 0.717) is 17.2 Å². The highest BCUT2D eigenvalue weighted by Gasteiger charge is 2.12. The van der Waals surface area contributed by atoms with Crippen LogP contribution in [0, 0.1) is 6.92 Å². The summed E-state index contributed by atoms with van der Waals surface area (Å²) in [5, 5.41) is 2.86. The molecule has 4 aromatic rings. The van der Waals surface area contributed by atoms with Crippen LogP contribution in [-0.4, -0.2) is 29.0 Å². The van der Waals surface area contributed by atoms with Gasteiger partial charge in [-0.05, 0) is 55.0 Å². The molecule has 2 aromatic carbocycles. The number of amides is 1. The molecule has 146 valence electrons. The fourth-order valence-electron chi connectivity index (χ4n) is 3.04. The molecule has 0 fully saturated rings. The first-order valence-corrected chi connectivity index (χ1v) is 9.24. The van der Waals surface area contributed by atoms with E-state index in [4.69, 9.17) is 9.47 Å². The van der Waals surface area contributed by atoms with Gasteiger partial charge in [0.05, 0.1) is 18.5 Å². The highest BCUT2D eigenvalue weighted by molar-refractivity contribution is 5.94. The van der Waals surface area contributed by atoms with Gasteiger partial charge in [-0.3, -0.25) is 4.79 Å². The molecule has 0 saturated heterocycles. The van der Waals surface area contributed by atoms with Crippen LogP contribution in [0.2, 0.25) is 0 Å². The van der Waals surface area contributed by atoms with E-state index in [1.807, 2.05) is 72.2 Å². The molecule has 0 aliphatic rings. The van der Waals surface area contributed by atoms with Crippen molar-refractivity contribution in [1.82, 2.24) is 9.38 Å². The van der Waals surface area contributed by atoms with Crippen molar-refractivity contribution in [2.24, 2.45) is 0 Å². The average molecular weight is 387 g/mol. The van der Waals surface area contributed by atoms with Gasteiger partial charge < -0.3 is 19.2 Å². The first-order chi connectivity index (χ1) is 14.1. The predicted octanol–water partition coefficient (Wildman–Crippen LogP) is 4.34. The third-order valence-electron chi connectivity index (χ3n) is 4.50. The number of nitrogens with zero attached hydrogens (tertiary/aromatic N) is 2. The van der Waals surface area contributed by atoms with E-state index in [1.54, 1.807) is 19.2 Å². The molecule has 0 bridgehead atoms. The predicted molar refractivity (Wildman–Crippen MR) is 112 cm³/mol. The van der Waals surface area contributed by atoms with Crippen molar-refractivity contribution in [3.63, 3.8) is 0 Å². The maximum atomic E-state index is 12.4. The maximum absolute atomic E-state index is 12.4. The van der Waals surface area contributed by atoms with Gasteiger partial charge in [0.1, 0.15) is 17.1 Å². The third-order valence-corrected chi connectivity index (χ3v) is 4.50. The Kier molecular flexibility index (Phi) is 5.16. The van der Waals surface area contributed by atoms with Gasteiger partial charge in [0.15, 0.2) is 6.61 Å². The van der Waals surface area contributed by atoms with E-state index in [9.17, 15) is 4.79 Å². The van der Waals surface area contributed by atoms with Crippen molar-refractivity contribution in [1.29, 1.82) is 0 Å². The highest BCUT2D eigenvalue weighted by atomic mass is 16.5. The SMILES string of the molecule is COc1ccc(-c2cn3ccc(C)cc3n2)cc1NC(=O)COc1ccccc1. The number of para-hydroxylation sites is 1. The van der Waals surface area contributed by atoms with Crippen molar-refractivity contribution in [2.75, 3.05) is 19.0 Å². The Balaban J connectivity index is 1.55. The minimum absolute atomic E-state index is 0.0922. The molecular weight excluding hydrogens is 366 g/mol. The van der Waals surface area contributed by atoms with Crippen molar-refractivity contribution >= 4 is 17.2 Å². The zero-order valence-electron chi connectivity index (χ0n) is 16.3. The minimum atomic E-state index is -0.269. The second kappa shape index (κ2) is 8.06. The molecule has 0 unspecified atom stereocenters. The van der Waals surface area contributed by atoms with Crippen LogP contribution in [0.1, 0.15) is 5.56 Å². The van der Waals surface area contributed by atoms with Crippen molar-refractivity contribution < 1.29 is 14.3 Å². The summed E-state index contributed by atoms with van der Waals surface area (Å²) in [4.78, 5) is 17.0. The van der Waals surface area contributed by atoms with Gasteiger partial charge in [-0.2, -0.15) is 0 Å². The van der Waals surface area contributed by atoms with Gasteiger partial charge in [0, 0.05) is 18.0 Å². The third kappa shape index (κ3) is 4.21. The van der Waals surface area contributed by atoms with Crippen LogP contribution in [-0.2, 0) is 4.79 Å². The van der Waals surface area contributed by atoms with Gasteiger partial charge in [-0.15, -0.1) is 0 Å². The lowest BCUT2D eigenvalue weighted by atomic mass is 10.1. The van der Waals surface area contributed by atoms with Crippen LogP contribution in [0.4, 0.5) is 5.69 Å². The Hall–Kier alpha value is -3.80. The number of anilines is 1. The lowest BCUT2D eigenvalue weighted by Gasteiger charge is -2.12. The summed E-state index contributed by atoms with van der Waals surface area (Å²) in [6.07, 6.45) is 3.94. The van der Waals surface area contributed by atoms with Crippen molar-refractivity contribution in [3.8, 4) is 22.8 Å². The number of fused-ring (bicyclic) bond motifs is 1. The molecule has 2 aromatic heterocycles. The van der Waals surface area contributed by atoms with Crippen LogP contribution in [0.5, 0.6) is 11.5 Å². The first kappa shape index (κ1) is 18.6. The Morgan fingerprint density at radius 1 is 1.10 bits per heavy atom. The number of hydrogen-bond acceptors (Lipinski definition) is 4. The number of methoxy groups -OCH3 is 1. The molecule has 2 heterocycles. The summed E-state index contributed by atoms with van der Waals surface area (Å²) < 4.78 is 12.9. The minimum Gasteiger partial charge on any atom is -0.495 e. The van der Waals surface area contributed by atoms with E-state index in [0.717, 1.165) is 22.5 Å². The fraction of sp³-hybridized carbons (Fsp3) is 0.130. The number of carbonyl (C=O) groups is 1. The summed E-state index contributed by atoms with van der Waals surface area (Å²) in [6.45, 7) is 1.94. The number of hydrogen-bond donors (Lipinski definition) is 1. The van der Waals surface area contributed by atoms with Crippen LogP contribution in [0.25, 0.3) is 16.9 Å². The van der Waals surface area contributed by atoms with Crippen LogP contribution in [0.3, 0.4) is 0 Å². The number of aromatic nitrogens is 2. The van der Waals surface area contributed by atoms with E-state index >= 15 is 0 Å². The second-order valence-corrected chi connectivity index (χ2v) is 6.66. The Morgan fingerprint density at radius 2 is 1.93 bits per heavy atom. The molecule has 29 heavy (non-hydrogen) atoms. The van der Waals surface area contributed by atoms with Crippen LogP contribution in [0.15, 0.2) is 73.1 Å². The van der Waals surface area contributed by atoms with E-state index < -0.39 is 0 Å². The quantitative estimate of drug-likeness (QED) is 0.535. The molecule has 0 aliphatic carbocycles. The van der Waals surface area contributed by atoms with Crippen molar-refractivity contribution in [3.05, 3.63) is 78.6 Å². The molecule has 0 aliphatic heterocycles. The van der Waals surface area contributed by atoms with E-state index in [2.05, 4.69) is 10.3 Å². The molecule has 0 radical (unpaired) electrons. The molecule has 6 nitrogen and oxygen atoms in total. The number of ether oxygens (including phenoxy) is 2. The molecule has 0 spiro atoms. The monoisotopic (exact) mass is 387 g/mol. The topological polar surface area (TPSA) is 64.9 Å². The van der Waals surface area contributed by atoms with E-state index in [1.165, 1.54) is 0 Å². The second-order valence-electron chi connectivity index (χ2n) is 6.66. The molecule has 4 rings (SSSR count). The van der Waals surface area contributed by atoms with Crippen LogP contribution >= 0.6 is 0 Å². The smallest absolute Gasteiger partial charge is 0.262 e. The van der Waals surface area contributed by atoms with Gasteiger partial charge in [-0.1, -0.05) is 18.2 Å². The molecule has 0 saturated carbocycles. The van der Waals surface area contributed by atoms with Gasteiger partial charge >= 0.3 is 0 Å². The number of aryl methyl sites for hydroxylation is 1. The Labute approximate surface area is 168 Å². The van der Waals surface area contributed by atoms with E-state index in [-0.39, 0.29) is 12.5 Å². The Morgan fingerprint density at radius 3 is 2.72 bits per heavy atom. The van der Waals surface area contributed by atoms with Gasteiger partial charge in [-0.25, -0.2) is 4.98 Å². The normalized spacial score (nSPS) is 10.7.